The molecule has 0 saturated heterocycles. The third kappa shape index (κ3) is 4.43. The molecule has 1 atom stereocenters. The second-order valence-electron chi connectivity index (χ2n) is 5.50. The van der Waals surface area contributed by atoms with Crippen LogP contribution in [-0.2, 0) is 0 Å². The SMILES string of the molecule is CCCNC(c1cc(Br)ccc1I)C1CCCCC1. The molecule has 2 rings (SSSR count). The van der Waals surface area contributed by atoms with Crippen LogP contribution in [0.15, 0.2) is 22.7 Å². The first kappa shape index (κ1) is 15.8. The van der Waals surface area contributed by atoms with Crippen LogP contribution in [0.25, 0.3) is 0 Å². The average Bonchev–Trinajstić information content (AvgIpc) is 2.44. The van der Waals surface area contributed by atoms with Crippen LogP contribution in [0.3, 0.4) is 0 Å². The summed E-state index contributed by atoms with van der Waals surface area (Å²) >= 11 is 6.10. The smallest absolute Gasteiger partial charge is 0.0359 e. The van der Waals surface area contributed by atoms with Crippen LogP contribution in [0.1, 0.15) is 57.1 Å². The van der Waals surface area contributed by atoms with Gasteiger partial charge in [-0.2, -0.15) is 0 Å². The van der Waals surface area contributed by atoms with Crippen LogP contribution in [0, 0.1) is 9.49 Å². The number of rotatable bonds is 5. The Labute approximate surface area is 139 Å². The Hall–Kier alpha value is 0.390. The molecule has 1 aliphatic carbocycles. The van der Waals surface area contributed by atoms with E-state index in [1.54, 1.807) is 0 Å². The van der Waals surface area contributed by atoms with Crippen LogP contribution < -0.4 is 5.32 Å². The van der Waals surface area contributed by atoms with E-state index in [0.29, 0.717) is 6.04 Å². The standard InChI is InChI=1S/C16H23BrIN/c1-2-10-19-16(12-6-4-3-5-7-12)14-11-13(17)8-9-15(14)18/h8-9,11-12,16,19H,2-7,10H2,1H3. The summed E-state index contributed by atoms with van der Waals surface area (Å²) in [5.41, 5.74) is 1.48. The zero-order valence-electron chi connectivity index (χ0n) is 11.6. The van der Waals surface area contributed by atoms with E-state index >= 15 is 0 Å². The molecule has 1 fully saturated rings. The first-order valence-corrected chi connectivity index (χ1v) is 9.28. The van der Waals surface area contributed by atoms with Gasteiger partial charge in [-0.05, 0) is 78.1 Å². The highest BCUT2D eigenvalue weighted by Gasteiger charge is 2.26. The van der Waals surface area contributed by atoms with E-state index in [1.807, 2.05) is 0 Å². The van der Waals surface area contributed by atoms with Crippen LogP contribution >= 0.6 is 38.5 Å². The van der Waals surface area contributed by atoms with Crippen LogP contribution in [0.4, 0.5) is 0 Å². The predicted octanol–water partition coefficient (Wildman–Crippen LogP) is 5.67. The largest absolute Gasteiger partial charge is 0.310 e. The lowest BCUT2D eigenvalue weighted by molar-refractivity contribution is 0.271. The van der Waals surface area contributed by atoms with Gasteiger partial charge >= 0.3 is 0 Å². The summed E-state index contributed by atoms with van der Waals surface area (Å²) in [6.45, 7) is 3.36. The van der Waals surface area contributed by atoms with Crippen molar-refractivity contribution < 1.29 is 0 Å². The van der Waals surface area contributed by atoms with E-state index in [9.17, 15) is 0 Å². The molecule has 0 spiro atoms. The van der Waals surface area contributed by atoms with Gasteiger partial charge < -0.3 is 5.32 Å². The lowest BCUT2D eigenvalue weighted by Gasteiger charge is -2.32. The number of benzene rings is 1. The lowest BCUT2D eigenvalue weighted by atomic mass is 9.81. The summed E-state index contributed by atoms with van der Waals surface area (Å²) in [5, 5.41) is 3.80. The minimum atomic E-state index is 0.532. The molecule has 1 unspecified atom stereocenters. The van der Waals surface area contributed by atoms with Crippen molar-refractivity contribution in [3.8, 4) is 0 Å². The maximum absolute atomic E-state index is 3.80. The van der Waals surface area contributed by atoms with Crippen molar-refractivity contribution in [2.24, 2.45) is 5.92 Å². The van der Waals surface area contributed by atoms with E-state index in [4.69, 9.17) is 0 Å². The van der Waals surface area contributed by atoms with Crippen molar-refractivity contribution in [3.05, 3.63) is 31.8 Å². The van der Waals surface area contributed by atoms with Crippen LogP contribution in [0.5, 0.6) is 0 Å². The fourth-order valence-electron chi connectivity index (χ4n) is 3.05. The Morgan fingerprint density at radius 2 is 2.05 bits per heavy atom. The minimum absolute atomic E-state index is 0.532. The van der Waals surface area contributed by atoms with Gasteiger partial charge in [0.25, 0.3) is 0 Å². The number of hydrogen-bond donors (Lipinski definition) is 1. The molecule has 1 aliphatic rings. The zero-order chi connectivity index (χ0) is 13.7. The molecule has 0 heterocycles. The molecule has 106 valence electrons. The fourth-order valence-corrected chi connectivity index (χ4v) is 4.10. The third-order valence-corrected chi connectivity index (χ3v) is 5.50. The van der Waals surface area contributed by atoms with Gasteiger partial charge in [-0.3, -0.25) is 0 Å². The first-order valence-electron chi connectivity index (χ1n) is 7.40. The number of hydrogen-bond acceptors (Lipinski definition) is 1. The third-order valence-electron chi connectivity index (χ3n) is 4.03. The van der Waals surface area contributed by atoms with Gasteiger partial charge in [-0.1, -0.05) is 42.1 Å². The summed E-state index contributed by atoms with van der Waals surface area (Å²) in [4.78, 5) is 0. The van der Waals surface area contributed by atoms with Crippen molar-refractivity contribution in [2.45, 2.75) is 51.5 Å². The Balaban J connectivity index is 2.22. The molecule has 0 aromatic heterocycles. The summed E-state index contributed by atoms with van der Waals surface area (Å²) in [6, 6.07) is 7.21. The van der Waals surface area contributed by atoms with Gasteiger partial charge in [0.05, 0.1) is 0 Å². The minimum Gasteiger partial charge on any atom is -0.310 e. The lowest BCUT2D eigenvalue weighted by Crippen LogP contribution is -2.31. The molecule has 1 nitrogen and oxygen atoms in total. The molecule has 0 radical (unpaired) electrons. The zero-order valence-corrected chi connectivity index (χ0v) is 15.3. The van der Waals surface area contributed by atoms with E-state index in [0.717, 1.165) is 12.5 Å². The maximum Gasteiger partial charge on any atom is 0.0359 e. The highest BCUT2D eigenvalue weighted by Crippen LogP contribution is 2.37. The van der Waals surface area contributed by atoms with E-state index in [1.165, 1.54) is 52.1 Å². The molecule has 3 heteroatoms. The van der Waals surface area contributed by atoms with Gasteiger partial charge in [-0.15, -0.1) is 0 Å². The van der Waals surface area contributed by atoms with E-state index < -0.39 is 0 Å². The van der Waals surface area contributed by atoms with Crippen LogP contribution in [0.2, 0.25) is 0 Å². The van der Waals surface area contributed by atoms with Gasteiger partial charge in [0.2, 0.25) is 0 Å². The van der Waals surface area contributed by atoms with Crippen molar-refractivity contribution in [3.63, 3.8) is 0 Å². The molecule has 0 amide bonds. The maximum atomic E-state index is 3.80. The van der Waals surface area contributed by atoms with Gasteiger partial charge in [0, 0.05) is 14.1 Å². The van der Waals surface area contributed by atoms with Gasteiger partial charge in [0.1, 0.15) is 0 Å². The second kappa shape index (κ2) is 7.99. The van der Waals surface area contributed by atoms with E-state index in [-0.39, 0.29) is 0 Å². The summed E-state index contributed by atoms with van der Waals surface area (Å²) in [5.74, 6) is 0.808. The normalized spacial score (nSPS) is 18.5. The molecule has 1 aromatic rings. The Bertz CT molecular complexity index is 402. The van der Waals surface area contributed by atoms with Crippen molar-refractivity contribution in [2.75, 3.05) is 6.54 Å². The Morgan fingerprint density at radius 1 is 1.32 bits per heavy atom. The molecule has 0 bridgehead atoms. The fraction of sp³-hybridized carbons (Fsp3) is 0.625. The molecule has 1 N–H and O–H groups in total. The molecular formula is C16H23BrIN. The predicted molar refractivity (Wildman–Crippen MR) is 94.5 cm³/mol. The van der Waals surface area contributed by atoms with Crippen molar-refractivity contribution >= 4 is 38.5 Å². The number of nitrogens with one attached hydrogen (secondary N) is 1. The van der Waals surface area contributed by atoms with Crippen molar-refractivity contribution in [1.82, 2.24) is 5.32 Å². The quantitative estimate of drug-likeness (QED) is 0.587. The highest BCUT2D eigenvalue weighted by molar-refractivity contribution is 14.1. The summed E-state index contributed by atoms with van der Waals surface area (Å²) < 4.78 is 2.59. The second-order valence-corrected chi connectivity index (χ2v) is 7.57. The van der Waals surface area contributed by atoms with Gasteiger partial charge in [0.15, 0.2) is 0 Å². The summed E-state index contributed by atoms with van der Waals surface area (Å²) in [6.07, 6.45) is 8.19. The monoisotopic (exact) mass is 435 g/mol. The van der Waals surface area contributed by atoms with Crippen molar-refractivity contribution in [1.29, 1.82) is 0 Å². The molecule has 0 aliphatic heterocycles. The molecule has 19 heavy (non-hydrogen) atoms. The van der Waals surface area contributed by atoms with Crippen LogP contribution in [-0.4, -0.2) is 6.54 Å². The topological polar surface area (TPSA) is 12.0 Å². The van der Waals surface area contributed by atoms with E-state index in [2.05, 4.69) is 69.0 Å². The average molecular weight is 436 g/mol. The molecular weight excluding hydrogens is 413 g/mol. The van der Waals surface area contributed by atoms with Gasteiger partial charge in [-0.25, -0.2) is 0 Å². The Morgan fingerprint density at radius 3 is 2.74 bits per heavy atom. The molecule has 1 saturated carbocycles. The first-order chi connectivity index (χ1) is 9.22. The Kier molecular flexibility index (Phi) is 6.63. The highest BCUT2D eigenvalue weighted by atomic mass is 127. The summed E-state index contributed by atoms with van der Waals surface area (Å²) in [7, 11) is 0. The molecule has 1 aromatic carbocycles. The number of halogens is 2.